The molecule has 0 bridgehead atoms. The van der Waals surface area contributed by atoms with Gasteiger partial charge in [0.2, 0.25) is 0 Å². The van der Waals surface area contributed by atoms with Gasteiger partial charge >= 0.3 is 0 Å². The largest absolute Gasteiger partial charge is 0.366 e. The van der Waals surface area contributed by atoms with E-state index in [4.69, 9.17) is 5.10 Å². The van der Waals surface area contributed by atoms with Crippen molar-refractivity contribution in [3.8, 4) is 0 Å². The van der Waals surface area contributed by atoms with Gasteiger partial charge in [-0.3, -0.25) is 9.88 Å². The molecule has 0 unspecified atom stereocenters. The Balaban J connectivity index is 1.39. The fourth-order valence-corrected chi connectivity index (χ4v) is 3.50. The molecule has 27 heavy (non-hydrogen) atoms. The molecule has 4 heterocycles. The summed E-state index contributed by atoms with van der Waals surface area (Å²) in [6.07, 6.45) is 4.06. The molecular weight excluding hydrogens is 338 g/mol. The Labute approximate surface area is 159 Å². The quantitative estimate of drug-likeness (QED) is 0.766. The molecule has 1 saturated heterocycles. The standard InChI is InChI=1S/C20H27N7/c1-20(2,3)19-24-23-18-8-7-17(25-27(18)19)22-15-9-12-26(13-10-15)14-16-6-4-5-11-21-16/h4-8,11,15H,9-10,12-14H2,1-3H3,(H,22,25). The molecule has 1 aliphatic heterocycles. The number of rotatable bonds is 4. The monoisotopic (exact) mass is 365 g/mol. The van der Waals surface area contributed by atoms with Gasteiger partial charge in [0.15, 0.2) is 11.5 Å². The van der Waals surface area contributed by atoms with Gasteiger partial charge in [0.25, 0.3) is 0 Å². The smallest absolute Gasteiger partial charge is 0.178 e. The highest BCUT2D eigenvalue weighted by Crippen LogP contribution is 2.22. The molecule has 0 atom stereocenters. The minimum atomic E-state index is -0.0954. The van der Waals surface area contributed by atoms with Crippen LogP contribution in [-0.4, -0.2) is 48.8 Å². The van der Waals surface area contributed by atoms with Crippen LogP contribution in [0.4, 0.5) is 5.82 Å². The molecule has 7 heteroatoms. The summed E-state index contributed by atoms with van der Waals surface area (Å²) in [5.41, 5.74) is 1.83. The van der Waals surface area contributed by atoms with E-state index in [1.54, 1.807) is 0 Å². The Hall–Kier alpha value is -2.54. The third kappa shape index (κ3) is 4.08. The van der Waals surface area contributed by atoms with Crippen molar-refractivity contribution in [2.75, 3.05) is 18.4 Å². The SMILES string of the molecule is CC(C)(C)c1nnc2ccc(NC3CCN(Cc4ccccn4)CC3)nn12. The number of piperidine rings is 1. The van der Waals surface area contributed by atoms with Crippen molar-refractivity contribution in [2.45, 2.75) is 51.6 Å². The molecule has 0 radical (unpaired) electrons. The molecule has 0 aliphatic carbocycles. The van der Waals surface area contributed by atoms with Crippen molar-refractivity contribution < 1.29 is 0 Å². The number of hydrogen-bond acceptors (Lipinski definition) is 6. The molecule has 3 aromatic rings. The first kappa shape index (κ1) is 17.9. The average molecular weight is 365 g/mol. The van der Waals surface area contributed by atoms with Crippen LogP contribution in [-0.2, 0) is 12.0 Å². The van der Waals surface area contributed by atoms with E-state index in [0.29, 0.717) is 6.04 Å². The Morgan fingerprint density at radius 2 is 1.89 bits per heavy atom. The Bertz CT molecular complexity index is 890. The number of anilines is 1. The number of likely N-dealkylation sites (tertiary alicyclic amines) is 1. The lowest BCUT2D eigenvalue weighted by molar-refractivity contribution is 0.209. The number of hydrogen-bond donors (Lipinski definition) is 1. The lowest BCUT2D eigenvalue weighted by atomic mass is 9.96. The Kier molecular flexibility index (Phi) is 4.78. The summed E-state index contributed by atoms with van der Waals surface area (Å²) in [5.74, 6) is 1.77. The van der Waals surface area contributed by atoms with Crippen LogP contribution in [0.2, 0.25) is 0 Å². The van der Waals surface area contributed by atoms with Crippen LogP contribution in [0.5, 0.6) is 0 Å². The second-order valence-corrected chi connectivity index (χ2v) is 8.28. The highest BCUT2D eigenvalue weighted by molar-refractivity contribution is 5.45. The molecule has 0 spiro atoms. The summed E-state index contributed by atoms with van der Waals surface area (Å²) in [6.45, 7) is 9.44. The predicted octanol–water partition coefficient (Wildman–Crippen LogP) is 2.89. The lowest BCUT2D eigenvalue weighted by Crippen LogP contribution is -2.39. The molecule has 0 saturated carbocycles. The maximum Gasteiger partial charge on any atom is 0.178 e. The summed E-state index contributed by atoms with van der Waals surface area (Å²) in [5, 5.41) is 16.9. The number of fused-ring (bicyclic) bond motifs is 1. The molecule has 1 N–H and O–H groups in total. The fourth-order valence-electron chi connectivity index (χ4n) is 3.50. The van der Waals surface area contributed by atoms with Gasteiger partial charge in [0.05, 0.1) is 5.69 Å². The minimum Gasteiger partial charge on any atom is -0.366 e. The van der Waals surface area contributed by atoms with E-state index in [1.165, 1.54) is 0 Å². The van der Waals surface area contributed by atoms with Crippen LogP contribution in [0.3, 0.4) is 0 Å². The molecule has 142 valence electrons. The van der Waals surface area contributed by atoms with Crippen molar-refractivity contribution in [1.29, 1.82) is 0 Å². The van der Waals surface area contributed by atoms with Crippen LogP contribution in [0.1, 0.15) is 45.1 Å². The summed E-state index contributed by atoms with van der Waals surface area (Å²) in [7, 11) is 0. The van der Waals surface area contributed by atoms with Crippen molar-refractivity contribution in [2.24, 2.45) is 0 Å². The van der Waals surface area contributed by atoms with E-state index in [-0.39, 0.29) is 5.41 Å². The summed E-state index contributed by atoms with van der Waals surface area (Å²) < 4.78 is 1.86. The zero-order valence-electron chi connectivity index (χ0n) is 16.3. The van der Waals surface area contributed by atoms with E-state index >= 15 is 0 Å². The molecule has 1 fully saturated rings. The second kappa shape index (κ2) is 7.23. The molecular formula is C20H27N7. The van der Waals surface area contributed by atoms with Crippen LogP contribution < -0.4 is 5.32 Å². The first-order valence-electron chi connectivity index (χ1n) is 9.61. The summed E-state index contributed by atoms with van der Waals surface area (Å²) in [4.78, 5) is 6.90. The molecule has 3 aromatic heterocycles. The maximum absolute atomic E-state index is 4.74. The number of aromatic nitrogens is 5. The molecule has 0 aromatic carbocycles. The van der Waals surface area contributed by atoms with Gasteiger partial charge in [-0.05, 0) is 37.1 Å². The highest BCUT2D eigenvalue weighted by Gasteiger charge is 2.23. The van der Waals surface area contributed by atoms with E-state index in [1.807, 2.05) is 28.9 Å². The molecule has 7 nitrogen and oxygen atoms in total. The van der Waals surface area contributed by atoms with Crippen LogP contribution >= 0.6 is 0 Å². The van der Waals surface area contributed by atoms with Crippen LogP contribution in [0.15, 0.2) is 36.5 Å². The fraction of sp³-hybridized carbons (Fsp3) is 0.500. The van der Waals surface area contributed by atoms with Crippen molar-refractivity contribution in [3.63, 3.8) is 0 Å². The Morgan fingerprint density at radius 1 is 1.07 bits per heavy atom. The van der Waals surface area contributed by atoms with Crippen molar-refractivity contribution in [3.05, 3.63) is 48.0 Å². The average Bonchev–Trinajstić information content (AvgIpc) is 3.08. The zero-order chi connectivity index (χ0) is 18.9. The first-order valence-corrected chi connectivity index (χ1v) is 9.61. The first-order chi connectivity index (χ1) is 13.0. The van der Waals surface area contributed by atoms with E-state index < -0.39 is 0 Å². The van der Waals surface area contributed by atoms with E-state index in [9.17, 15) is 0 Å². The van der Waals surface area contributed by atoms with E-state index in [2.05, 4.69) is 58.3 Å². The van der Waals surface area contributed by atoms with Gasteiger partial charge in [0.1, 0.15) is 5.82 Å². The number of pyridine rings is 1. The third-order valence-corrected chi connectivity index (χ3v) is 4.98. The Morgan fingerprint density at radius 3 is 2.59 bits per heavy atom. The zero-order valence-corrected chi connectivity index (χ0v) is 16.3. The van der Waals surface area contributed by atoms with Gasteiger partial charge < -0.3 is 5.32 Å². The van der Waals surface area contributed by atoms with E-state index in [0.717, 1.165) is 55.5 Å². The van der Waals surface area contributed by atoms with Crippen molar-refractivity contribution in [1.82, 2.24) is 29.7 Å². The molecule has 1 aliphatic rings. The van der Waals surface area contributed by atoms with Crippen molar-refractivity contribution >= 4 is 11.5 Å². The lowest BCUT2D eigenvalue weighted by Gasteiger charge is -2.32. The molecule has 4 rings (SSSR count). The second-order valence-electron chi connectivity index (χ2n) is 8.28. The van der Waals surface area contributed by atoms with Gasteiger partial charge in [0, 0.05) is 37.3 Å². The molecule has 0 amide bonds. The topological polar surface area (TPSA) is 71.2 Å². The third-order valence-electron chi connectivity index (χ3n) is 4.98. The number of nitrogens with zero attached hydrogens (tertiary/aromatic N) is 6. The van der Waals surface area contributed by atoms with Gasteiger partial charge in [-0.1, -0.05) is 26.8 Å². The van der Waals surface area contributed by atoms with Gasteiger partial charge in [-0.15, -0.1) is 15.3 Å². The predicted molar refractivity (Wildman–Crippen MR) is 106 cm³/mol. The van der Waals surface area contributed by atoms with Crippen LogP contribution in [0, 0.1) is 0 Å². The summed E-state index contributed by atoms with van der Waals surface area (Å²) >= 11 is 0. The highest BCUT2D eigenvalue weighted by atomic mass is 15.4. The normalized spacial score (nSPS) is 16.7. The minimum absolute atomic E-state index is 0.0954. The van der Waals surface area contributed by atoms with Gasteiger partial charge in [-0.25, -0.2) is 0 Å². The number of nitrogens with one attached hydrogen (secondary N) is 1. The summed E-state index contributed by atoms with van der Waals surface area (Å²) in [6, 6.07) is 10.5. The maximum atomic E-state index is 4.74. The van der Waals surface area contributed by atoms with Gasteiger partial charge in [-0.2, -0.15) is 4.52 Å². The van der Waals surface area contributed by atoms with Crippen LogP contribution in [0.25, 0.3) is 5.65 Å².